The first kappa shape index (κ1) is 8.31. The molecule has 0 fully saturated rings. The van der Waals surface area contributed by atoms with Gasteiger partial charge in [0.25, 0.3) is 0 Å². The molecular weight excluding hydrogens is 136 g/mol. The molecule has 0 bridgehead atoms. The van der Waals surface area contributed by atoms with E-state index in [1.165, 1.54) is 18.5 Å². The zero-order valence-electron chi connectivity index (χ0n) is 7.52. The fraction of sp³-hybridized carbons (Fsp3) is 0.667. The summed E-state index contributed by atoms with van der Waals surface area (Å²) in [5.74, 6) is 0. The molecule has 0 unspecified atom stereocenters. The third-order valence-electron chi connectivity index (χ3n) is 2.00. The van der Waals surface area contributed by atoms with Gasteiger partial charge in [0.15, 0.2) is 6.33 Å². The minimum Gasteiger partial charge on any atom is -0.326 e. The molecule has 11 heavy (non-hydrogen) atoms. The van der Waals surface area contributed by atoms with Crippen molar-refractivity contribution in [1.82, 2.24) is 9.55 Å². The molecule has 0 aliphatic carbocycles. The van der Waals surface area contributed by atoms with E-state index in [0.29, 0.717) is 0 Å². The third-order valence-corrected chi connectivity index (χ3v) is 2.00. The van der Waals surface area contributed by atoms with Crippen LogP contribution in [0.15, 0.2) is 0 Å². The fourth-order valence-electron chi connectivity index (χ4n) is 1.02. The van der Waals surface area contributed by atoms with E-state index in [2.05, 4.69) is 29.7 Å². The standard InChI is InChI=1S/C9H15N2/c1-4-5-6-11-7-10-8(2)9(11)3/h4-6H2,1-3H3. The lowest BCUT2D eigenvalue weighted by Crippen LogP contribution is -1.98. The van der Waals surface area contributed by atoms with E-state index in [1.54, 1.807) is 0 Å². The molecule has 2 heteroatoms. The normalized spacial score (nSPS) is 10.5. The van der Waals surface area contributed by atoms with Gasteiger partial charge in [0, 0.05) is 12.2 Å². The van der Waals surface area contributed by atoms with Gasteiger partial charge < -0.3 is 4.57 Å². The lowest BCUT2D eigenvalue weighted by atomic mass is 10.3. The summed E-state index contributed by atoms with van der Waals surface area (Å²) >= 11 is 0. The van der Waals surface area contributed by atoms with Crippen LogP contribution in [0.5, 0.6) is 0 Å². The van der Waals surface area contributed by atoms with Crippen LogP contribution in [0.1, 0.15) is 31.2 Å². The second-order valence-electron chi connectivity index (χ2n) is 2.89. The Kier molecular flexibility index (Phi) is 2.69. The van der Waals surface area contributed by atoms with Crippen molar-refractivity contribution in [2.24, 2.45) is 0 Å². The van der Waals surface area contributed by atoms with Gasteiger partial charge in [-0.2, -0.15) is 0 Å². The second kappa shape index (κ2) is 3.56. The highest BCUT2D eigenvalue weighted by Crippen LogP contribution is 2.04. The van der Waals surface area contributed by atoms with Gasteiger partial charge >= 0.3 is 0 Å². The SMILES string of the molecule is CCCCn1[c]nc(C)c1C. The number of aryl methyl sites for hydroxylation is 2. The molecular formula is C9H15N2. The molecule has 0 spiro atoms. The summed E-state index contributed by atoms with van der Waals surface area (Å²) in [6.45, 7) is 7.37. The Morgan fingerprint density at radius 1 is 1.45 bits per heavy atom. The van der Waals surface area contributed by atoms with E-state index in [4.69, 9.17) is 0 Å². The minimum absolute atomic E-state index is 1.06. The fourth-order valence-corrected chi connectivity index (χ4v) is 1.02. The largest absolute Gasteiger partial charge is 0.326 e. The molecule has 0 aliphatic heterocycles. The highest BCUT2D eigenvalue weighted by molar-refractivity contribution is 5.07. The van der Waals surface area contributed by atoms with E-state index < -0.39 is 0 Å². The first-order valence-corrected chi connectivity index (χ1v) is 4.17. The maximum atomic E-state index is 4.11. The molecule has 2 nitrogen and oxygen atoms in total. The van der Waals surface area contributed by atoms with Crippen LogP contribution < -0.4 is 0 Å². The summed E-state index contributed by atoms with van der Waals surface area (Å²) in [4.78, 5) is 4.11. The average Bonchev–Trinajstić information content (AvgIpc) is 2.31. The van der Waals surface area contributed by atoms with Gasteiger partial charge in [-0.05, 0) is 20.3 Å². The molecule has 0 N–H and O–H groups in total. The number of rotatable bonds is 3. The summed E-state index contributed by atoms with van der Waals surface area (Å²) in [5, 5.41) is 0. The number of imidazole rings is 1. The predicted octanol–water partition coefficient (Wildman–Crippen LogP) is 2.10. The molecule has 0 saturated heterocycles. The van der Waals surface area contributed by atoms with E-state index in [-0.39, 0.29) is 0 Å². The Bertz CT molecular complexity index is 225. The molecule has 1 heterocycles. The number of hydrogen-bond donors (Lipinski definition) is 0. The Balaban J connectivity index is 2.63. The molecule has 61 valence electrons. The lowest BCUT2D eigenvalue weighted by Gasteiger charge is -2.01. The van der Waals surface area contributed by atoms with Crippen molar-refractivity contribution < 1.29 is 0 Å². The van der Waals surface area contributed by atoms with Crippen molar-refractivity contribution in [3.63, 3.8) is 0 Å². The highest BCUT2D eigenvalue weighted by atomic mass is 15.0. The summed E-state index contributed by atoms with van der Waals surface area (Å²) in [5.41, 5.74) is 2.35. The summed E-state index contributed by atoms with van der Waals surface area (Å²) in [6.07, 6.45) is 5.42. The highest BCUT2D eigenvalue weighted by Gasteiger charge is 2.00. The third kappa shape index (κ3) is 1.82. The van der Waals surface area contributed by atoms with Gasteiger partial charge in [-0.25, -0.2) is 4.98 Å². The number of nitrogens with zero attached hydrogens (tertiary/aromatic N) is 2. The Morgan fingerprint density at radius 3 is 2.64 bits per heavy atom. The number of hydrogen-bond acceptors (Lipinski definition) is 1. The molecule has 1 rings (SSSR count). The lowest BCUT2D eigenvalue weighted by molar-refractivity contribution is 0.615. The van der Waals surface area contributed by atoms with Crippen LogP contribution in [-0.2, 0) is 6.54 Å². The van der Waals surface area contributed by atoms with Crippen LogP contribution in [0.25, 0.3) is 0 Å². The molecule has 1 aromatic rings. The first-order valence-electron chi connectivity index (χ1n) is 4.17. The summed E-state index contributed by atoms with van der Waals surface area (Å²) in [7, 11) is 0. The van der Waals surface area contributed by atoms with Crippen molar-refractivity contribution in [2.45, 2.75) is 40.2 Å². The van der Waals surface area contributed by atoms with Gasteiger partial charge in [0.2, 0.25) is 0 Å². The van der Waals surface area contributed by atoms with Gasteiger partial charge in [-0.3, -0.25) is 0 Å². The van der Waals surface area contributed by atoms with Crippen molar-refractivity contribution >= 4 is 0 Å². The van der Waals surface area contributed by atoms with Crippen LogP contribution in [0.2, 0.25) is 0 Å². The topological polar surface area (TPSA) is 17.8 Å². The Morgan fingerprint density at radius 2 is 2.18 bits per heavy atom. The Labute approximate surface area is 68.3 Å². The van der Waals surface area contributed by atoms with Gasteiger partial charge in [-0.15, -0.1) is 0 Å². The average molecular weight is 151 g/mol. The van der Waals surface area contributed by atoms with Crippen LogP contribution in [0.3, 0.4) is 0 Å². The van der Waals surface area contributed by atoms with Gasteiger partial charge in [-0.1, -0.05) is 13.3 Å². The summed E-state index contributed by atoms with van der Waals surface area (Å²) < 4.78 is 2.10. The zero-order chi connectivity index (χ0) is 8.27. The molecule has 0 saturated carbocycles. The maximum Gasteiger partial charge on any atom is 0.176 e. The molecule has 0 aliphatic rings. The molecule has 0 atom stereocenters. The van der Waals surface area contributed by atoms with Crippen LogP contribution in [0.4, 0.5) is 0 Å². The monoisotopic (exact) mass is 151 g/mol. The Hall–Kier alpha value is -0.790. The second-order valence-corrected chi connectivity index (χ2v) is 2.89. The van der Waals surface area contributed by atoms with E-state index >= 15 is 0 Å². The van der Waals surface area contributed by atoms with E-state index in [1.807, 2.05) is 6.92 Å². The van der Waals surface area contributed by atoms with Gasteiger partial charge in [0.1, 0.15) is 0 Å². The zero-order valence-corrected chi connectivity index (χ0v) is 7.52. The van der Waals surface area contributed by atoms with Crippen molar-refractivity contribution in [2.75, 3.05) is 0 Å². The van der Waals surface area contributed by atoms with Crippen LogP contribution in [0, 0.1) is 20.2 Å². The maximum absolute atomic E-state index is 4.11. The number of aromatic nitrogens is 2. The molecule has 1 aromatic heterocycles. The summed E-state index contributed by atoms with van der Waals surface area (Å²) in [6, 6.07) is 0. The van der Waals surface area contributed by atoms with E-state index in [0.717, 1.165) is 12.2 Å². The first-order chi connectivity index (χ1) is 5.25. The van der Waals surface area contributed by atoms with Crippen molar-refractivity contribution in [3.8, 4) is 0 Å². The van der Waals surface area contributed by atoms with Crippen LogP contribution >= 0.6 is 0 Å². The van der Waals surface area contributed by atoms with Gasteiger partial charge in [0.05, 0.1) is 5.69 Å². The number of unbranched alkanes of at least 4 members (excludes halogenated alkanes) is 1. The molecule has 0 aromatic carbocycles. The quantitative estimate of drug-likeness (QED) is 0.647. The molecule has 1 radical (unpaired) electrons. The smallest absolute Gasteiger partial charge is 0.176 e. The van der Waals surface area contributed by atoms with E-state index in [9.17, 15) is 0 Å². The minimum atomic E-state index is 1.06. The van der Waals surface area contributed by atoms with Crippen LogP contribution in [-0.4, -0.2) is 9.55 Å². The van der Waals surface area contributed by atoms with Crippen molar-refractivity contribution in [3.05, 3.63) is 17.7 Å². The molecule has 0 amide bonds. The van der Waals surface area contributed by atoms with Crippen molar-refractivity contribution in [1.29, 1.82) is 0 Å². The predicted molar refractivity (Wildman–Crippen MR) is 45.4 cm³/mol.